The molecule has 10 aromatic carbocycles. The number of benzene rings is 10. The van der Waals surface area contributed by atoms with Gasteiger partial charge in [-0.2, -0.15) is 0 Å². The lowest BCUT2D eigenvalue weighted by Gasteiger charge is -2.32. The zero-order valence-corrected chi connectivity index (χ0v) is 40.0. The molecular weight excluding hydrogens is 883 g/mol. The van der Waals surface area contributed by atoms with Crippen LogP contribution in [-0.4, -0.2) is 15.0 Å². The second-order valence-corrected chi connectivity index (χ2v) is 19.4. The second-order valence-electron chi connectivity index (χ2n) is 19.4. The van der Waals surface area contributed by atoms with E-state index < -0.39 is 5.41 Å². The van der Waals surface area contributed by atoms with Crippen molar-refractivity contribution in [3.05, 3.63) is 306 Å². The Bertz CT molecular complexity index is 3900. The van der Waals surface area contributed by atoms with Gasteiger partial charge < -0.3 is 0 Å². The summed E-state index contributed by atoms with van der Waals surface area (Å²) in [6.45, 7) is 0. The van der Waals surface area contributed by atoms with Gasteiger partial charge in [0.15, 0.2) is 11.6 Å². The molecule has 0 fully saturated rings. The van der Waals surface area contributed by atoms with Gasteiger partial charge in [-0.25, -0.2) is 15.0 Å². The van der Waals surface area contributed by atoms with Crippen LogP contribution in [0.25, 0.3) is 89.6 Å². The first-order valence-corrected chi connectivity index (χ1v) is 25.3. The number of rotatable bonds is 8. The van der Waals surface area contributed by atoms with Crippen LogP contribution >= 0.6 is 0 Å². The molecule has 3 aliphatic rings. The summed E-state index contributed by atoms with van der Waals surface area (Å²) in [5.74, 6) is 1.88. The molecule has 0 saturated carbocycles. The molecule has 2 unspecified atom stereocenters. The maximum Gasteiger partial charge on any atom is 0.164 e. The molecule has 14 rings (SSSR count). The highest BCUT2D eigenvalue weighted by atomic mass is 15.0. The molecule has 0 saturated heterocycles. The van der Waals surface area contributed by atoms with Crippen LogP contribution in [0.15, 0.2) is 267 Å². The van der Waals surface area contributed by atoms with Crippen LogP contribution in [0.3, 0.4) is 0 Å². The van der Waals surface area contributed by atoms with Crippen molar-refractivity contribution in [2.45, 2.75) is 17.8 Å². The Morgan fingerprint density at radius 3 is 1.40 bits per heavy atom. The minimum absolute atomic E-state index is 0.161. The van der Waals surface area contributed by atoms with Gasteiger partial charge in [-0.15, -0.1) is 0 Å². The molecule has 1 aromatic heterocycles. The molecule has 11 aromatic rings. The van der Waals surface area contributed by atoms with Gasteiger partial charge >= 0.3 is 0 Å². The fourth-order valence-corrected chi connectivity index (χ4v) is 12.0. The first-order valence-electron chi connectivity index (χ1n) is 25.3. The van der Waals surface area contributed by atoms with Crippen LogP contribution in [0.2, 0.25) is 0 Å². The molecule has 0 amide bonds. The third kappa shape index (κ3) is 7.15. The van der Waals surface area contributed by atoms with E-state index in [4.69, 9.17) is 15.0 Å². The van der Waals surface area contributed by atoms with Gasteiger partial charge in [0.1, 0.15) is 5.82 Å². The van der Waals surface area contributed by atoms with Crippen molar-refractivity contribution in [2.75, 3.05) is 0 Å². The molecule has 0 radical (unpaired) electrons. The smallest absolute Gasteiger partial charge is 0.164 e. The number of hydrogen-bond acceptors (Lipinski definition) is 3. The van der Waals surface area contributed by atoms with Crippen LogP contribution in [0.5, 0.6) is 0 Å². The number of nitrogens with zero attached hydrogens (tertiary/aromatic N) is 3. The molecule has 1 spiro atoms. The monoisotopic (exact) mass is 929 g/mol. The quantitative estimate of drug-likeness (QED) is 0.152. The maximum absolute atomic E-state index is 5.75. The van der Waals surface area contributed by atoms with Crippen molar-refractivity contribution in [3.63, 3.8) is 0 Å². The van der Waals surface area contributed by atoms with Crippen molar-refractivity contribution in [3.8, 4) is 78.4 Å². The SMILES string of the molecule is C1=C(c2ccccc2)C=C(c2ccccc2)CC1c1nc(-c2cc(-c3ccccc3)cc(-c3ccccc3)c2)nc(-c2cccc3c2C2(c4ccccc4-c4ccc(-c5ccccc5)cc42)c2ccccc2-3)n1. The van der Waals surface area contributed by atoms with Crippen LogP contribution in [-0.2, 0) is 5.41 Å². The van der Waals surface area contributed by atoms with Gasteiger partial charge in [0.25, 0.3) is 0 Å². The van der Waals surface area contributed by atoms with Crippen LogP contribution < -0.4 is 0 Å². The number of fused-ring (bicyclic) bond motifs is 10. The Morgan fingerprint density at radius 1 is 0.315 bits per heavy atom. The number of allylic oxidation sites excluding steroid dienone is 4. The standard InChI is InChI=1S/C70H47N3/c1-6-21-46(22-7-1)51-37-38-60-58-31-16-18-35-63(58)70(65(60)45-51)64-36-19-17-32-59(64)61-33-20-34-62(66(61)70)69-72-67(56-41-52(47-23-8-2-9-24-47)39-53(42-56)48-25-10-3-11-26-48)71-68(73-69)57-43-54(49-27-12-4-13-28-49)40-55(44-57)50-29-14-5-15-30-50/h1-43,45,57H,44H2. The molecule has 342 valence electrons. The second kappa shape index (κ2) is 17.5. The van der Waals surface area contributed by atoms with Gasteiger partial charge in [0, 0.05) is 17.0 Å². The summed E-state index contributed by atoms with van der Waals surface area (Å²) < 4.78 is 0. The predicted molar refractivity (Wildman–Crippen MR) is 300 cm³/mol. The Balaban J connectivity index is 1.05. The van der Waals surface area contributed by atoms with Crippen molar-refractivity contribution < 1.29 is 0 Å². The highest BCUT2D eigenvalue weighted by Crippen LogP contribution is 2.64. The van der Waals surface area contributed by atoms with Crippen molar-refractivity contribution in [1.82, 2.24) is 15.0 Å². The lowest BCUT2D eigenvalue weighted by Crippen LogP contribution is -2.27. The third-order valence-corrected chi connectivity index (χ3v) is 15.2. The van der Waals surface area contributed by atoms with Gasteiger partial charge in [0.2, 0.25) is 0 Å². The molecular formula is C70H47N3. The highest BCUT2D eigenvalue weighted by Gasteiger charge is 2.53. The Kier molecular flexibility index (Phi) is 10.2. The maximum atomic E-state index is 5.75. The van der Waals surface area contributed by atoms with E-state index in [9.17, 15) is 0 Å². The van der Waals surface area contributed by atoms with E-state index in [2.05, 4.69) is 267 Å². The largest absolute Gasteiger partial charge is 0.212 e. The van der Waals surface area contributed by atoms with Crippen molar-refractivity contribution in [2.24, 2.45) is 0 Å². The molecule has 3 aliphatic carbocycles. The highest BCUT2D eigenvalue weighted by molar-refractivity contribution is 5.99. The third-order valence-electron chi connectivity index (χ3n) is 15.2. The Morgan fingerprint density at radius 2 is 0.781 bits per heavy atom. The summed E-state index contributed by atoms with van der Waals surface area (Å²) >= 11 is 0. The summed E-state index contributed by atoms with van der Waals surface area (Å²) in [6.07, 6.45) is 5.46. The molecule has 3 nitrogen and oxygen atoms in total. The minimum Gasteiger partial charge on any atom is -0.212 e. The van der Waals surface area contributed by atoms with E-state index >= 15 is 0 Å². The van der Waals surface area contributed by atoms with E-state index in [1.807, 2.05) is 0 Å². The van der Waals surface area contributed by atoms with Crippen molar-refractivity contribution in [1.29, 1.82) is 0 Å². The Hall–Kier alpha value is -9.31. The summed E-state index contributed by atoms with van der Waals surface area (Å²) in [6, 6.07) is 92.2. The molecule has 3 heteroatoms. The molecule has 2 atom stereocenters. The zero-order chi connectivity index (χ0) is 48.3. The fourth-order valence-electron chi connectivity index (χ4n) is 12.0. The minimum atomic E-state index is -0.658. The van der Waals surface area contributed by atoms with Gasteiger partial charge in [0.05, 0.1) is 5.41 Å². The molecule has 73 heavy (non-hydrogen) atoms. The van der Waals surface area contributed by atoms with E-state index in [1.165, 1.54) is 66.8 Å². The molecule has 0 aliphatic heterocycles. The van der Waals surface area contributed by atoms with E-state index in [1.54, 1.807) is 0 Å². The first-order chi connectivity index (χ1) is 36.2. The Labute approximate surface area is 426 Å². The lowest BCUT2D eigenvalue weighted by atomic mass is 9.69. The van der Waals surface area contributed by atoms with Crippen LogP contribution in [0, 0.1) is 0 Å². The van der Waals surface area contributed by atoms with Crippen LogP contribution in [0.1, 0.15) is 51.5 Å². The average molecular weight is 930 g/mol. The summed E-state index contributed by atoms with van der Waals surface area (Å²) in [5, 5.41) is 0. The predicted octanol–water partition coefficient (Wildman–Crippen LogP) is 17.2. The number of hydrogen-bond donors (Lipinski definition) is 0. The van der Waals surface area contributed by atoms with E-state index in [-0.39, 0.29) is 5.92 Å². The topological polar surface area (TPSA) is 38.7 Å². The summed E-state index contributed by atoms with van der Waals surface area (Å²) in [7, 11) is 0. The summed E-state index contributed by atoms with van der Waals surface area (Å²) in [4.78, 5) is 17.1. The van der Waals surface area contributed by atoms with E-state index in [0.29, 0.717) is 11.6 Å². The van der Waals surface area contributed by atoms with Crippen molar-refractivity contribution >= 4 is 11.1 Å². The number of aromatic nitrogens is 3. The fraction of sp³-hybridized carbons (Fsp3) is 0.0429. The van der Waals surface area contributed by atoms with Crippen LogP contribution in [0.4, 0.5) is 0 Å². The van der Waals surface area contributed by atoms with Gasteiger partial charge in [-0.05, 0) is 131 Å². The zero-order valence-electron chi connectivity index (χ0n) is 40.0. The van der Waals surface area contributed by atoms with Gasteiger partial charge in [-0.1, -0.05) is 243 Å². The van der Waals surface area contributed by atoms with E-state index in [0.717, 1.165) is 56.8 Å². The molecule has 1 heterocycles. The lowest BCUT2D eigenvalue weighted by molar-refractivity contribution is 0.769. The molecule has 0 N–H and O–H groups in total. The summed E-state index contributed by atoms with van der Waals surface area (Å²) in [5.41, 5.74) is 22.8. The normalized spacial score (nSPS) is 16.0. The van der Waals surface area contributed by atoms with Gasteiger partial charge in [-0.3, -0.25) is 0 Å². The molecule has 0 bridgehead atoms. The first kappa shape index (κ1) is 42.6. The average Bonchev–Trinajstić information content (AvgIpc) is 3.95.